The number of ether oxygens (including phenoxy) is 2. The van der Waals surface area contributed by atoms with Gasteiger partial charge in [-0.2, -0.15) is 0 Å². The monoisotopic (exact) mass is 332 g/mol. The first kappa shape index (κ1) is 17.5. The summed E-state index contributed by atoms with van der Waals surface area (Å²) >= 11 is 0. The number of benzene rings is 1. The predicted octanol–water partition coefficient (Wildman–Crippen LogP) is 1.45. The van der Waals surface area contributed by atoms with E-state index >= 15 is 0 Å². The van der Waals surface area contributed by atoms with Crippen LogP contribution in [0.2, 0.25) is 0 Å². The highest BCUT2D eigenvalue weighted by Crippen LogP contribution is 2.22. The van der Waals surface area contributed by atoms with Crippen LogP contribution < -0.4 is 5.32 Å². The predicted molar refractivity (Wildman–Crippen MR) is 86.8 cm³/mol. The van der Waals surface area contributed by atoms with Gasteiger partial charge in [-0.15, -0.1) is 0 Å². The summed E-state index contributed by atoms with van der Waals surface area (Å²) in [6.07, 6.45) is 1.50. The van der Waals surface area contributed by atoms with Gasteiger partial charge in [0.05, 0.1) is 6.42 Å². The number of amides is 1. The Morgan fingerprint density at radius 2 is 1.83 bits per heavy atom. The molecule has 0 spiro atoms. The molecule has 1 aliphatic heterocycles. The van der Waals surface area contributed by atoms with Gasteiger partial charge in [-0.25, -0.2) is 9.59 Å². The number of carbonyl (C=O) groups is 3. The third-order valence-corrected chi connectivity index (χ3v) is 3.28. The normalized spacial score (nSPS) is 16.1. The van der Waals surface area contributed by atoms with Crippen LogP contribution in [0.25, 0.3) is 0 Å². The second-order valence-electron chi connectivity index (χ2n) is 6.05. The lowest BCUT2D eigenvalue weighted by Crippen LogP contribution is -2.42. The molecule has 24 heavy (non-hydrogen) atoms. The molecule has 0 aliphatic carbocycles. The quantitative estimate of drug-likeness (QED) is 0.510. The van der Waals surface area contributed by atoms with Crippen molar-refractivity contribution in [1.82, 2.24) is 4.90 Å². The van der Waals surface area contributed by atoms with Crippen molar-refractivity contribution in [2.24, 2.45) is 0 Å². The van der Waals surface area contributed by atoms with E-state index in [1.165, 1.54) is 24.9 Å². The smallest absolute Gasteiger partial charge is 0.350 e. The van der Waals surface area contributed by atoms with Crippen molar-refractivity contribution < 1.29 is 23.9 Å². The van der Waals surface area contributed by atoms with Crippen LogP contribution in [0.4, 0.5) is 5.69 Å². The van der Waals surface area contributed by atoms with Crippen LogP contribution in [0.1, 0.15) is 19.4 Å². The second kappa shape index (κ2) is 6.74. The van der Waals surface area contributed by atoms with E-state index in [1.54, 1.807) is 32.3 Å². The summed E-state index contributed by atoms with van der Waals surface area (Å²) in [4.78, 5) is 37.0. The van der Waals surface area contributed by atoms with Crippen molar-refractivity contribution in [3.8, 4) is 0 Å². The van der Waals surface area contributed by atoms with Crippen LogP contribution >= 0.6 is 0 Å². The summed E-state index contributed by atoms with van der Waals surface area (Å²) in [6, 6.07) is 7.12. The molecular weight excluding hydrogens is 312 g/mol. The molecule has 1 fully saturated rings. The van der Waals surface area contributed by atoms with E-state index in [0.29, 0.717) is 5.69 Å². The van der Waals surface area contributed by atoms with E-state index < -0.39 is 17.7 Å². The Labute approximate surface area is 140 Å². The third kappa shape index (κ3) is 4.34. The van der Waals surface area contributed by atoms with Crippen molar-refractivity contribution in [3.63, 3.8) is 0 Å². The first-order valence-corrected chi connectivity index (χ1v) is 7.40. The van der Waals surface area contributed by atoms with Gasteiger partial charge in [0.15, 0.2) is 5.57 Å². The number of hydrogen-bond acceptors (Lipinski definition) is 6. The highest BCUT2D eigenvalue weighted by atomic mass is 16.7. The van der Waals surface area contributed by atoms with E-state index in [2.05, 4.69) is 5.32 Å². The molecule has 0 aromatic heterocycles. The van der Waals surface area contributed by atoms with Gasteiger partial charge in [-0.1, -0.05) is 12.1 Å². The fourth-order valence-corrected chi connectivity index (χ4v) is 2.04. The molecule has 2 rings (SSSR count). The zero-order chi connectivity index (χ0) is 17.9. The van der Waals surface area contributed by atoms with Crippen LogP contribution in [0.15, 0.2) is 36.0 Å². The number of cyclic esters (lactones) is 2. The van der Waals surface area contributed by atoms with Crippen molar-refractivity contribution in [2.45, 2.75) is 26.1 Å². The molecular formula is C17H20N2O5. The lowest BCUT2D eigenvalue weighted by atomic mass is 10.1. The summed E-state index contributed by atoms with van der Waals surface area (Å²) in [7, 11) is 3.38. The van der Waals surface area contributed by atoms with Gasteiger partial charge in [0.2, 0.25) is 5.91 Å². The van der Waals surface area contributed by atoms with Crippen LogP contribution in [-0.2, 0) is 30.3 Å². The number of nitrogens with zero attached hydrogens (tertiary/aromatic N) is 1. The minimum atomic E-state index is -1.27. The molecule has 0 bridgehead atoms. The summed E-state index contributed by atoms with van der Waals surface area (Å²) < 4.78 is 10.0. The molecule has 128 valence electrons. The Balaban J connectivity index is 2.10. The van der Waals surface area contributed by atoms with E-state index in [1.807, 2.05) is 6.07 Å². The standard InChI is InChI=1S/C17H20N2O5/c1-17(2)23-15(21)13(16(22)24-17)10-18-12-7-5-6-11(8-12)9-14(20)19(3)4/h5-8,10,18H,9H2,1-4H3. The van der Waals surface area contributed by atoms with E-state index in [-0.39, 0.29) is 17.9 Å². The Hall–Kier alpha value is -2.83. The zero-order valence-electron chi connectivity index (χ0n) is 14.1. The first-order valence-electron chi connectivity index (χ1n) is 7.40. The number of rotatable bonds is 4. The minimum Gasteiger partial charge on any atom is -0.419 e. The molecule has 0 atom stereocenters. The Kier molecular flexibility index (Phi) is 4.92. The van der Waals surface area contributed by atoms with E-state index in [9.17, 15) is 14.4 Å². The maximum Gasteiger partial charge on any atom is 0.350 e. The summed E-state index contributed by atoms with van der Waals surface area (Å²) in [5, 5.41) is 2.86. The third-order valence-electron chi connectivity index (χ3n) is 3.28. The highest BCUT2D eigenvalue weighted by molar-refractivity contribution is 6.15. The summed E-state index contributed by atoms with van der Waals surface area (Å²) in [6.45, 7) is 2.97. The first-order chi connectivity index (χ1) is 11.2. The Morgan fingerprint density at radius 3 is 2.42 bits per heavy atom. The van der Waals surface area contributed by atoms with E-state index in [4.69, 9.17) is 9.47 Å². The van der Waals surface area contributed by atoms with Crippen LogP contribution in [-0.4, -0.2) is 42.6 Å². The summed E-state index contributed by atoms with van der Waals surface area (Å²) in [5.74, 6) is -2.78. The number of anilines is 1. The average molecular weight is 332 g/mol. The molecule has 1 saturated heterocycles. The van der Waals surface area contributed by atoms with Crippen LogP contribution in [0, 0.1) is 0 Å². The summed E-state index contributed by atoms with van der Waals surface area (Å²) in [5.41, 5.74) is 1.23. The molecule has 0 unspecified atom stereocenters. The molecule has 1 N–H and O–H groups in total. The Bertz CT molecular complexity index is 685. The highest BCUT2D eigenvalue weighted by Gasteiger charge is 2.38. The van der Waals surface area contributed by atoms with Crippen molar-refractivity contribution in [2.75, 3.05) is 19.4 Å². The van der Waals surface area contributed by atoms with Gasteiger partial charge < -0.3 is 19.7 Å². The van der Waals surface area contributed by atoms with Gasteiger partial charge in [-0.3, -0.25) is 4.79 Å². The second-order valence-corrected chi connectivity index (χ2v) is 6.05. The lowest BCUT2D eigenvalue weighted by molar-refractivity contribution is -0.222. The van der Waals surface area contributed by atoms with E-state index in [0.717, 1.165) is 5.56 Å². The number of nitrogens with one attached hydrogen (secondary N) is 1. The average Bonchev–Trinajstić information content (AvgIpc) is 2.45. The maximum absolute atomic E-state index is 11.8. The molecule has 0 saturated carbocycles. The molecule has 1 amide bonds. The topological polar surface area (TPSA) is 84.9 Å². The van der Waals surface area contributed by atoms with Crippen LogP contribution in [0.5, 0.6) is 0 Å². The fourth-order valence-electron chi connectivity index (χ4n) is 2.04. The van der Waals surface area contributed by atoms with Gasteiger partial charge in [-0.05, 0) is 17.7 Å². The number of esters is 2. The molecule has 1 aliphatic rings. The zero-order valence-corrected chi connectivity index (χ0v) is 14.1. The number of carbonyl (C=O) groups excluding carboxylic acids is 3. The van der Waals surface area contributed by atoms with Crippen molar-refractivity contribution in [3.05, 3.63) is 41.6 Å². The minimum absolute atomic E-state index is 0.0211. The Morgan fingerprint density at radius 1 is 1.21 bits per heavy atom. The molecule has 1 aromatic rings. The van der Waals surface area contributed by atoms with Crippen molar-refractivity contribution in [1.29, 1.82) is 0 Å². The van der Waals surface area contributed by atoms with Gasteiger partial charge in [0, 0.05) is 39.8 Å². The largest absolute Gasteiger partial charge is 0.419 e. The SMILES string of the molecule is CN(C)C(=O)Cc1cccc(NC=C2C(=O)OC(C)(C)OC2=O)c1. The number of likely N-dealkylation sites (N-methyl/N-ethyl adjacent to an activating group) is 1. The fraction of sp³-hybridized carbons (Fsp3) is 0.353. The molecule has 7 nitrogen and oxygen atoms in total. The molecule has 7 heteroatoms. The maximum atomic E-state index is 11.8. The lowest BCUT2D eigenvalue weighted by Gasteiger charge is -2.29. The van der Waals surface area contributed by atoms with Gasteiger partial charge in [0.1, 0.15) is 0 Å². The van der Waals surface area contributed by atoms with Gasteiger partial charge >= 0.3 is 11.9 Å². The molecule has 1 aromatic carbocycles. The van der Waals surface area contributed by atoms with Crippen LogP contribution in [0.3, 0.4) is 0 Å². The van der Waals surface area contributed by atoms with Gasteiger partial charge in [0.25, 0.3) is 5.79 Å². The number of hydrogen-bond donors (Lipinski definition) is 1. The van der Waals surface area contributed by atoms with Crippen molar-refractivity contribution >= 4 is 23.5 Å². The molecule has 0 radical (unpaired) electrons. The molecule has 1 heterocycles.